The van der Waals surface area contributed by atoms with Crippen LogP contribution >= 0.6 is 0 Å². The lowest BCUT2D eigenvalue weighted by molar-refractivity contribution is -0.149. The number of ether oxygens (including phenoxy) is 1. The smallest absolute Gasteiger partial charge is 0.306 e. The highest BCUT2D eigenvalue weighted by atomic mass is 32.2. The predicted molar refractivity (Wildman–Crippen MR) is 102 cm³/mol. The number of hydrogen-bond donors (Lipinski definition) is 0. The Bertz CT molecular complexity index is 796. The van der Waals surface area contributed by atoms with Crippen LogP contribution in [0.2, 0.25) is 0 Å². The first-order valence-electron chi connectivity index (χ1n) is 9.16. The van der Waals surface area contributed by atoms with Crippen LogP contribution in [0.5, 0.6) is 0 Å². The van der Waals surface area contributed by atoms with Crippen molar-refractivity contribution in [1.82, 2.24) is 9.21 Å². The summed E-state index contributed by atoms with van der Waals surface area (Å²) in [5, 5.41) is 0. The van der Waals surface area contributed by atoms with Crippen molar-refractivity contribution in [1.29, 1.82) is 0 Å². The highest BCUT2D eigenvalue weighted by Gasteiger charge is 2.31. The summed E-state index contributed by atoms with van der Waals surface area (Å²) in [5.74, 6) is -0.547. The number of nitrogens with zero attached hydrogens (tertiary/aromatic N) is 2. The highest BCUT2D eigenvalue weighted by Crippen LogP contribution is 2.22. The van der Waals surface area contributed by atoms with E-state index in [-0.39, 0.29) is 37.9 Å². The quantitative estimate of drug-likeness (QED) is 0.686. The van der Waals surface area contributed by atoms with Gasteiger partial charge in [-0.15, -0.1) is 0 Å². The Kier molecular flexibility index (Phi) is 7.00. The van der Waals surface area contributed by atoms with E-state index in [1.807, 2.05) is 13.0 Å². The third-order valence-electron chi connectivity index (χ3n) is 4.46. The van der Waals surface area contributed by atoms with Gasteiger partial charge in [-0.2, -0.15) is 4.31 Å². The lowest BCUT2D eigenvalue weighted by Crippen LogP contribution is -2.50. The van der Waals surface area contributed by atoms with Gasteiger partial charge in [0.15, 0.2) is 0 Å². The van der Waals surface area contributed by atoms with Crippen molar-refractivity contribution >= 4 is 21.9 Å². The van der Waals surface area contributed by atoms with Crippen LogP contribution in [0.15, 0.2) is 23.1 Å². The van der Waals surface area contributed by atoms with E-state index in [4.69, 9.17) is 4.74 Å². The van der Waals surface area contributed by atoms with Crippen LogP contribution in [0.1, 0.15) is 37.8 Å². The van der Waals surface area contributed by atoms with E-state index in [0.717, 1.165) is 5.56 Å². The molecule has 7 nitrogen and oxygen atoms in total. The second-order valence-electron chi connectivity index (χ2n) is 7.09. The minimum absolute atomic E-state index is 0.0397. The zero-order valence-electron chi connectivity index (χ0n) is 16.4. The molecule has 1 aromatic rings. The Hall–Kier alpha value is -1.93. The maximum Gasteiger partial charge on any atom is 0.306 e. The van der Waals surface area contributed by atoms with Gasteiger partial charge in [0.1, 0.15) is 0 Å². The third-order valence-corrected chi connectivity index (χ3v) is 6.50. The summed E-state index contributed by atoms with van der Waals surface area (Å²) < 4.78 is 32.3. The van der Waals surface area contributed by atoms with E-state index in [2.05, 4.69) is 0 Å². The minimum atomic E-state index is -3.58. The zero-order valence-corrected chi connectivity index (χ0v) is 17.2. The SMILES string of the molecule is Cc1ccc(C)c(S(=O)(=O)N2CCN(C(=O)CCC(=O)OC(C)C)CC2)c1. The number of aryl methyl sites for hydroxylation is 2. The molecule has 1 amide bonds. The molecule has 0 bridgehead atoms. The molecule has 0 spiro atoms. The van der Waals surface area contributed by atoms with Crippen molar-refractivity contribution in [3.05, 3.63) is 29.3 Å². The average molecular weight is 397 g/mol. The van der Waals surface area contributed by atoms with Gasteiger partial charge >= 0.3 is 5.97 Å². The molecule has 1 heterocycles. The molecule has 0 aliphatic carbocycles. The lowest BCUT2D eigenvalue weighted by Gasteiger charge is -2.34. The molecule has 150 valence electrons. The second-order valence-corrected chi connectivity index (χ2v) is 9.00. The summed E-state index contributed by atoms with van der Waals surface area (Å²) in [7, 11) is -3.58. The molecule has 0 saturated carbocycles. The van der Waals surface area contributed by atoms with Gasteiger partial charge < -0.3 is 9.64 Å². The molecule has 2 rings (SSSR count). The monoisotopic (exact) mass is 396 g/mol. The predicted octanol–water partition coefficient (Wildman–Crippen LogP) is 1.87. The number of hydrogen-bond acceptors (Lipinski definition) is 5. The van der Waals surface area contributed by atoms with Crippen molar-refractivity contribution in [3.63, 3.8) is 0 Å². The number of rotatable bonds is 6. The summed E-state index contributed by atoms with van der Waals surface area (Å²) in [6, 6.07) is 5.37. The fourth-order valence-electron chi connectivity index (χ4n) is 2.99. The molecule has 27 heavy (non-hydrogen) atoms. The van der Waals surface area contributed by atoms with Crippen LogP contribution in [0.3, 0.4) is 0 Å². The molecule has 1 saturated heterocycles. The average Bonchev–Trinajstić information content (AvgIpc) is 2.61. The largest absolute Gasteiger partial charge is 0.463 e. The molecule has 0 N–H and O–H groups in total. The Morgan fingerprint density at radius 3 is 2.30 bits per heavy atom. The molecular weight excluding hydrogens is 368 g/mol. The third kappa shape index (κ3) is 5.52. The second kappa shape index (κ2) is 8.84. The van der Waals surface area contributed by atoms with E-state index in [1.54, 1.807) is 37.8 Å². The van der Waals surface area contributed by atoms with Gasteiger partial charge in [-0.05, 0) is 44.9 Å². The maximum atomic E-state index is 12.9. The minimum Gasteiger partial charge on any atom is -0.463 e. The molecule has 8 heteroatoms. The lowest BCUT2D eigenvalue weighted by atomic mass is 10.2. The summed E-state index contributed by atoms with van der Waals surface area (Å²) >= 11 is 0. The van der Waals surface area contributed by atoms with E-state index in [0.29, 0.717) is 23.5 Å². The van der Waals surface area contributed by atoms with Crippen LogP contribution in [-0.2, 0) is 24.3 Å². The van der Waals surface area contributed by atoms with Crippen LogP contribution in [0.4, 0.5) is 0 Å². The van der Waals surface area contributed by atoms with Crippen molar-refractivity contribution in [2.45, 2.75) is 51.5 Å². The molecule has 0 unspecified atom stereocenters. The first-order chi connectivity index (χ1) is 12.6. The Morgan fingerprint density at radius 1 is 1.07 bits per heavy atom. The normalized spacial score (nSPS) is 15.8. The summed E-state index contributed by atoms with van der Waals surface area (Å²) in [6.45, 7) is 8.30. The maximum absolute atomic E-state index is 12.9. The first kappa shape index (κ1) is 21.4. The van der Waals surface area contributed by atoms with Gasteiger partial charge in [0.05, 0.1) is 17.4 Å². The summed E-state index contributed by atoms with van der Waals surface area (Å²) in [4.78, 5) is 25.8. The molecule has 0 radical (unpaired) electrons. The molecule has 0 atom stereocenters. The van der Waals surface area contributed by atoms with Crippen molar-refractivity contribution in [2.75, 3.05) is 26.2 Å². The number of amides is 1. The molecular formula is C19H28N2O5S. The number of carbonyl (C=O) groups excluding carboxylic acids is 2. The highest BCUT2D eigenvalue weighted by molar-refractivity contribution is 7.89. The fraction of sp³-hybridized carbons (Fsp3) is 0.579. The van der Waals surface area contributed by atoms with E-state index >= 15 is 0 Å². The number of esters is 1. The van der Waals surface area contributed by atoms with Crippen molar-refractivity contribution in [2.24, 2.45) is 0 Å². The Morgan fingerprint density at radius 2 is 1.70 bits per heavy atom. The zero-order chi connectivity index (χ0) is 20.2. The van der Waals surface area contributed by atoms with Gasteiger partial charge in [0, 0.05) is 32.6 Å². The number of piperazine rings is 1. The number of carbonyl (C=O) groups is 2. The van der Waals surface area contributed by atoms with E-state index in [9.17, 15) is 18.0 Å². The summed E-state index contributed by atoms with van der Waals surface area (Å²) in [5.41, 5.74) is 1.60. The van der Waals surface area contributed by atoms with Gasteiger partial charge in [0.2, 0.25) is 15.9 Å². The Labute approximate surface area is 161 Å². The van der Waals surface area contributed by atoms with Crippen LogP contribution < -0.4 is 0 Å². The van der Waals surface area contributed by atoms with Gasteiger partial charge in [-0.1, -0.05) is 12.1 Å². The van der Waals surface area contributed by atoms with Crippen LogP contribution in [0, 0.1) is 13.8 Å². The van der Waals surface area contributed by atoms with E-state index < -0.39 is 16.0 Å². The topological polar surface area (TPSA) is 84.0 Å². The molecule has 1 aliphatic rings. The molecule has 1 aromatic carbocycles. The Balaban J connectivity index is 1.93. The van der Waals surface area contributed by atoms with Gasteiger partial charge in [0.25, 0.3) is 0 Å². The first-order valence-corrected chi connectivity index (χ1v) is 10.6. The molecule has 1 fully saturated rings. The van der Waals surface area contributed by atoms with Crippen molar-refractivity contribution < 1.29 is 22.7 Å². The molecule has 1 aliphatic heterocycles. The van der Waals surface area contributed by atoms with Crippen molar-refractivity contribution in [3.8, 4) is 0 Å². The standard InChI is InChI=1S/C19H28N2O5S/c1-14(2)26-19(23)8-7-18(22)20-9-11-21(12-10-20)27(24,25)17-13-15(3)5-6-16(17)4/h5-6,13-14H,7-12H2,1-4H3. The van der Waals surface area contributed by atoms with Gasteiger partial charge in [-0.25, -0.2) is 8.42 Å². The van der Waals surface area contributed by atoms with Crippen LogP contribution in [-0.4, -0.2) is 61.8 Å². The van der Waals surface area contributed by atoms with Gasteiger partial charge in [-0.3, -0.25) is 9.59 Å². The molecule has 0 aromatic heterocycles. The van der Waals surface area contributed by atoms with Crippen LogP contribution in [0.25, 0.3) is 0 Å². The summed E-state index contributed by atoms with van der Waals surface area (Å²) in [6.07, 6.45) is -0.0840. The number of sulfonamides is 1. The fourth-order valence-corrected chi connectivity index (χ4v) is 4.72. The van der Waals surface area contributed by atoms with E-state index in [1.165, 1.54) is 4.31 Å². The number of benzene rings is 1.